The lowest BCUT2D eigenvalue weighted by atomic mass is 9.83. The number of hydrogen-bond acceptors (Lipinski definition) is 3. The lowest BCUT2D eigenvalue weighted by molar-refractivity contribution is 0.290. The highest BCUT2D eigenvalue weighted by atomic mass is 79.9. The van der Waals surface area contributed by atoms with Crippen LogP contribution in [0.2, 0.25) is 5.15 Å². The first-order valence-electron chi connectivity index (χ1n) is 6.69. The van der Waals surface area contributed by atoms with E-state index in [2.05, 4.69) is 32.6 Å². The fourth-order valence-electron chi connectivity index (χ4n) is 2.43. The van der Waals surface area contributed by atoms with Gasteiger partial charge in [0.05, 0.1) is 0 Å². The van der Waals surface area contributed by atoms with Crippen molar-refractivity contribution < 1.29 is 8.42 Å². The number of rotatable bonds is 4. The van der Waals surface area contributed by atoms with Crippen molar-refractivity contribution in [3.63, 3.8) is 0 Å². The predicted molar refractivity (Wildman–Crippen MR) is 83.3 cm³/mol. The average Bonchev–Trinajstić information content (AvgIpc) is 2.41. The van der Waals surface area contributed by atoms with Gasteiger partial charge in [-0.15, -0.1) is 0 Å². The van der Waals surface area contributed by atoms with E-state index in [4.69, 9.17) is 11.6 Å². The number of pyridine rings is 1. The Morgan fingerprint density at radius 3 is 2.70 bits per heavy atom. The van der Waals surface area contributed by atoms with E-state index < -0.39 is 10.0 Å². The molecule has 7 heteroatoms. The minimum atomic E-state index is -3.60. The monoisotopic (exact) mass is 380 g/mol. The summed E-state index contributed by atoms with van der Waals surface area (Å²) < 4.78 is 27.8. The number of aromatic nitrogens is 1. The zero-order chi connectivity index (χ0) is 14.8. The van der Waals surface area contributed by atoms with Crippen LogP contribution in [-0.4, -0.2) is 19.9 Å². The van der Waals surface area contributed by atoms with E-state index in [1.54, 1.807) is 0 Å². The Balaban J connectivity index is 2.02. The smallest absolute Gasteiger partial charge is 0.242 e. The third-order valence-corrected chi connectivity index (χ3v) is 6.04. The molecule has 1 saturated carbocycles. The van der Waals surface area contributed by atoms with Gasteiger partial charge in [0, 0.05) is 17.2 Å². The van der Waals surface area contributed by atoms with Crippen molar-refractivity contribution in [3.05, 3.63) is 21.9 Å². The molecule has 1 aromatic rings. The van der Waals surface area contributed by atoms with Crippen LogP contribution >= 0.6 is 27.5 Å². The standard InChI is InChI=1S/C13H18BrClN2O2S/c1-9-2-4-10(5-3-9)7-17-20(18,19)12-6-11(14)8-16-13(12)15/h6,8-10,17H,2-5,7H2,1H3. The van der Waals surface area contributed by atoms with Gasteiger partial charge >= 0.3 is 0 Å². The molecule has 4 nitrogen and oxygen atoms in total. The normalized spacial score (nSPS) is 23.8. The third-order valence-electron chi connectivity index (χ3n) is 3.76. The summed E-state index contributed by atoms with van der Waals surface area (Å²) in [7, 11) is -3.60. The largest absolute Gasteiger partial charge is 0.243 e. The zero-order valence-corrected chi connectivity index (χ0v) is 14.4. The third kappa shape index (κ3) is 4.16. The molecular formula is C13H18BrClN2O2S. The number of nitrogens with zero attached hydrogens (tertiary/aromatic N) is 1. The van der Waals surface area contributed by atoms with Gasteiger partial charge in [-0.3, -0.25) is 0 Å². The number of nitrogens with one attached hydrogen (secondary N) is 1. The first-order valence-corrected chi connectivity index (χ1v) is 9.34. The van der Waals surface area contributed by atoms with Gasteiger partial charge in [-0.2, -0.15) is 0 Å². The van der Waals surface area contributed by atoms with Crippen molar-refractivity contribution in [2.24, 2.45) is 11.8 Å². The fourth-order valence-corrected chi connectivity index (χ4v) is 4.49. The maximum atomic E-state index is 12.3. The summed E-state index contributed by atoms with van der Waals surface area (Å²) in [5.74, 6) is 1.17. The first-order chi connectivity index (χ1) is 9.38. The van der Waals surface area contributed by atoms with Crippen LogP contribution in [0.3, 0.4) is 0 Å². The number of halogens is 2. The molecule has 1 aliphatic carbocycles. The van der Waals surface area contributed by atoms with Crippen molar-refractivity contribution in [1.82, 2.24) is 9.71 Å². The van der Waals surface area contributed by atoms with Gasteiger partial charge in [-0.25, -0.2) is 18.1 Å². The van der Waals surface area contributed by atoms with Crippen LogP contribution in [0.4, 0.5) is 0 Å². The van der Waals surface area contributed by atoms with Crippen LogP contribution in [-0.2, 0) is 10.0 Å². The molecule has 0 unspecified atom stereocenters. The molecule has 0 amide bonds. The van der Waals surface area contributed by atoms with E-state index in [0.717, 1.165) is 18.8 Å². The molecule has 0 bridgehead atoms. The Labute approximate surface area is 133 Å². The summed E-state index contributed by atoms with van der Waals surface area (Å²) in [5.41, 5.74) is 0. The van der Waals surface area contributed by atoms with E-state index in [9.17, 15) is 8.42 Å². The summed E-state index contributed by atoms with van der Waals surface area (Å²) in [6.07, 6.45) is 5.98. The first kappa shape index (κ1) is 16.2. The van der Waals surface area contributed by atoms with Gasteiger partial charge in [-0.1, -0.05) is 31.4 Å². The quantitative estimate of drug-likeness (QED) is 0.811. The van der Waals surface area contributed by atoms with E-state index in [1.807, 2.05) is 0 Å². The van der Waals surface area contributed by atoms with Crippen molar-refractivity contribution in [1.29, 1.82) is 0 Å². The number of hydrogen-bond donors (Lipinski definition) is 1. The minimum absolute atomic E-state index is 0.00188. The van der Waals surface area contributed by atoms with Crippen LogP contribution < -0.4 is 4.72 Å². The Bertz CT molecular complexity index is 572. The van der Waals surface area contributed by atoms with Crippen LogP contribution in [0.25, 0.3) is 0 Å². The summed E-state index contributed by atoms with van der Waals surface area (Å²) in [4.78, 5) is 3.87. The Kier molecular flexibility index (Phi) is 5.45. The summed E-state index contributed by atoms with van der Waals surface area (Å²) in [5, 5.41) is -0.00188. The van der Waals surface area contributed by atoms with E-state index in [-0.39, 0.29) is 10.0 Å². The molecule has 1 aliphatic rings. The molecule has 0 atom stereocenters. The SMILES string of the molecule is CC1CCC(CNS(=O)(=O)c2cc(Br)cnc2Cl)CC1. The second kappa shape index (κ2) is 6.73. The summed E-state index contributed by atoms with van der Waals surface area (Å²) in [6.45, 7) is 2.71. The maximum absolute atomic E-state index is 12.3. The molecule has 1 N–H and O–H groups in total. The molecule has 20 heavy (non-hydrogen) atoms. The van der Waals surface area contributed by atoms with E-state index in [0.29, 0.717) is 16.9 Å². The minimum Gasteiger partial charge on any atom is -0.242 e. The fraction of sp³-hybridized carbons (Fsp3) is 0.615. The van der Waals surface area contributed by atoms with Gasteiger partial charge in [0.2, 0.25) is 10.0 Å². The second-order valence-electron chi connectivity index (χ2n) is 5.42. The molecule has 0 saturated heterocycles. The lowest BCUT2D eigenvalue weighted by Crippen LogP contribution is -2.31. The van der Waals surface area contributed by atoms with Crippen molar-refractivity contribution in [2.75, 3.05) is 6.54 Å². The highest BCUT2D eigenvalue weighted by Gasteiger charge is 2.23. The second-order valence-corrected chi connectivity index (χ2v) is 8.43. The van der Waals surface area contributed by atoms with Crippen LogP contribution in [0.5, 0.6) is 0 Å². The van der Waals surface area contributed by atoms with Crippen LogP contribution in [0, 0.1) is 11.8 Å². The molecule has 0 aliphatic heterocycles. The molecule has 1 aromatic heterocycles. The average molecular weight is 382 g/mol. The van der Waals surface area contributed by atoms with Gasteiger partial charge in [0.25, 0.3) is 0 Å². The molecule has 1 fully saturated rings. The molecule has 112 valence electrons. The Morgan fingerprint density at radius 2 is 2.05 bits per heavy atom. The van der Waals surface area contributed by atoms with E-state index >= 15 is 0 Å². The molecule has 2 rings (SSSR count). The van der Waals surface area contributed by atoms with Crippen LogP contribution in [0.15, 0.2) is 21.6 Å². The van der Waals surface area contributed by atoms with Crippen molar-refractivity contribution in [2.45, 2.75) is 37.5 Å². The maximum Gasteiger partial charge on any atom is 0.243 e. The Hall–Kier alpha value is -0.170. The zero-order valence-electron chi connectivity index (χ0n) is 11.3. The predicted octanol–water partition coefficient (Wildman–Crippen LogP) is 3.60. The van der Waals surface area contributed by atoms with Gasteiger partial charge in [0.1, 0.15) is 10.0 Å². The molecule has 0 aromatic carbocycles. The summed E-state index contributed by atoms with van der Waals surface area (Å²) >= 11 is 9.08. The number of sulfonamides is 1. The highest BCUT2D eigenvalue weighted by molar-refractivity contribution is 9.10. The van der Waals surface area contributed by atoms with Crippen LogP contribution in [0.1, 0.15) is 32.6 Å². The van der Waals surface area contributed by atoms with Crippen molar-refractivity contribution >= 4 is 37.6 Å². The van der Waals surface area contributed by atoms with Gasteiger partial charge in [0.15, 0.2) is 0 Å². The van der Waals surface area contributed by atoms with Gasteiger partial charge < -0.3 is 0 Å². The highest BCUT2D eigenvalue weighted by Crippen LogP contribution is 2.28. The molecule has 1 heterocycles. The van der Waals surface area contributed by atoms with Gasteiger partial charge in [-0.05, 0) is 46.7 Å². The lowest BCUT2D eigenvalue weighted by Gasteiger charge is -2.26. The molecule has 0 radical (unpaired) electrons. The molecule has 0 spiro atoms. The Morgan fingerprint density at radius 1 is 1.40 bits per heavy atom. The summed E-state index contributed by atoms with van der Waals surface area (Å²) in [6, 6.07) is 1.47. The van der Waals surface area contributed by atoms with Crippen molar-refractivity contribution in [3.8, 4) is 0 Å². The van der Waals surface area contributed by atoms with E-state index in [1.165, 1.54) is 25.1 Å². The molecular weight excluding hydrogens is 364 g/mol. The topological polar surface area (TPSA) is 59.1 Å².